The summed E-state index contributed by atoms with van der Waals surface area (Å²) < 4.78 is 0. The molecule has 0 heterocycles. The molecular weight excluding hydrogens is 266 g/mol. The highest BCUT2D eigenvalue weighted by Gasteiger charge is 2.22. The van der Waals surface area contributed by atoms with Crippen molar-refractivity contribution in [2.75, 3.05) is 6.54 Å². The van der Waals surface area contributed by atoms with E-state index in [9.17, 15) is 9.90 Å². The van der Waals surface area contributed by atoms with Crippen LogP contribution in [0.3, 0.4) is 0 Å². The zero-order chi connectivity index (χ0) is 16.0. The van der Waals surface area contributed by atoms with E-state index in [1.165, 1.54) is 5.56 Å². The minimum absolute atomic E-state index is 0.0532. The Morgan fingerprint density at radius 1 is 1.24 bits per heavy atom. The fourth-order valence-corrected chi connectivity index (χ4v) is 2.22. The second-order valence-corrected chi connectivity index (χ2v) is 6.13. The van der Waals surface area contributed by atoms with E-state index in [4.69, 9.17) is 5.11 Å². The van der Waals surface area contributed by atoms with Crippen molar-refractivity contribution in [3.8, 4) is 0 Å². The number of nitrogens with one attached hydrogen (secondary N) is 1. The van der Waals surface area contributed by atoms with Gasteiger partial charge in [0.25, 0.3) is 0 Å². The van der Waals surface area contributed by atoms with Gasteiger partial charge in [-0.1, -0.05) is 32.0 Å². The van der Waals surface area contributed by atoms with Crippen molar-refractivity contribution >= 4 is 5.97 Å². The minimum atomic E-state index is -0.835. The van der Waals surface area contributed by atoms with Gasteiger partial charge < -0.3 is 15.5 Å². The van der Waals surface area contributed by atoms with E-state index in [0.29, 0.717) is 12.3 Å². The van der Waals surface area contributed by atoms with Gasteiger partial charge in [0.1, 0.15) is 0 Å². The molecule has 118 valence electrons. The van der Waals surface area contributed by atoms with E-state index in [0.717, 1.165) is 17.7 Å². The number of hydrogen-bond acceptors (Lipinski definition) is 3. The van der Waals surface area contributed by atoms with Crippen molar-refractivity contribution in [2.45, 2.75) is 52.7 Å². The number of aliphatic hydroxyl groups excluding tert-OH is 1. The molecular formula is C17H27NO3. The SMILES string of the molecule is Cc1ccc(C(O)C(CCC(=O)O)NCC(C)C)cc1C. The number of rotatable bonds is 8. The lowest BCUT2D eigenvalue weighted by molar-refractivity contribution is -0.137. The minimum Gasteiger partial charge on any atom is -0.481 e. The Hall–Kier alpha value is -1.39. The van der Waals surface area contributed by atoms with Crippen LogP contribution in [-0.2, 0) is 4.79 Å². The van der Waals surface area contributed by atoms with Crippen LogP contribution in [0, 0.1) is 19.8 Å². The molecule has 0 saturated heterocycles. The Labute approximate surface area is 127 Å². The molecule has 1 aromatic rings. The van der Waals surface area contributed by atoms with E-state index >= 15 is 0 Å². The van der Waals surface area contributed by atoms with Crippen LogP contribution in [0.4, 0.5) is 0 Å². The molecule has 0 amide bonds. The van der Waals surface area contributed by atoms with Gasteiger partial charge in [-0.05, 0) is 49.4 Å². The number of carboxylic acid groups (broad SMARTS) is 1. The Balaban J connectivity index is 2.83. The van der Waals surface area contributed by atoms with E-state index in [-0.39, 0.29) is 12.5 Å². The predicted molar refractivity (Wildman–Crippen MR) is 84.4 cm³/mol. The Morgan fingerprint density at radius 2 is 1.90 bits per heavy atom. The van der Waals surface area contributed by atoms with Crippen LogP contribution < -0.4 is 5.32 Å². The first-order valence-electron chi connectivity index (χ1n) is 7.51. The zero-order valence-electron chi connectivity index (χ0n) is 13.4. The molecule has 2 unspecified atom stereocenters. The van der Waals surface area contributed by atoms with Crippen molar-refractivity contribution in [3.05, 3.63) is 34.9 Å². The third-order valence-corrected chi connectivity index (χ3v) is 3.71. The second kappa shape index (κ2) is 8.15. The van der Waals surface area contributed by atoms with E-state index in [1.807, 2.05) is 32.0 Å². The standard InChI is InChI=1S/C17H27NO3/c1-11(2)10-18-15(7-8-16(19)20)17(21)14-6-5-12(3)13(4)9-14/h5-6,9,11,15,17-18,21H,7-8,10H2,1-4H3,(H,19,20). The van der Waals surface area contributed by atoms with E-state index in [2.05, 4.69) is 19.2 Å². The predicted octanol–water partition coefficient (Wildman–Crippen LogP) is 2.82. The average Bonchev–Trinajstić information content (AvgIpc) is 2.40. The molecule has 0 aromatic heterocycles. The summed E-state index contributed by atoms with van der Waals surface area (Å²) in [6, 6.07) is 5.64. The van der Waals surface area contributed by atoms with Gasteiger partial charge in [-0.15, -0.1) is 0 Å². The number of hydrogen-bond donors (Lipinski definition) is 3. The van der Waals surface area contributed by atoms with Gasteiger partial charge in [0.05, 0.1) is 6.10 Å². The number of aliphatic carboxylic acids is 1. The lowest BCUT2D eigenvalue weighted by Crippen LogP contribution is -2.37. The van der Waals surface area contributed by atoms with Crippen LogP contribution >= 0.6 is 0 Å². The molecule has 21 heavy (non-hydrogen) atoms. The molecule has 1 rings (SSSR count). The monoisotopic (exact) mass is 293 g/mol. The molecule has 3 N–H and O–H groups in total. The maximum Gasteiger partial charge on any atom is 0.303 e. The first-order chi connectivity index (χ1) is 9.81. The molecule has 4 nitrogen and oxygen atoms in total. The lowest BCUT2D eigenvalue weighted by Gasteiger charge is -2.25. The molecule has 0 aliphatic carbocycles. The number of benzene rings is 1. The van der Waals surface area contributed by atoms with Crippen molar-refractivity contribution in [1.82, 2.24) is 5.32 Å². The third kappa shape index (κ3) is 5.86. The largest absolute Gasteiger partial charge is 0.481 e. The van der Waals surface area contributed by atoms with Crippen LogP contribution in [0.1, 0.15) is 49.5 Å². The maximum absolute atomic E-state index is 10.8. The second-order valence-electron chi connectivity index (χ2n) is 6.13. The van der Waals surface area contributed by atoms with Crippen molar-refractivity contribution in [2.24, 2.45) is 5.92 Å². The van der Waals surface area contributed by atoms with Gasteiger partial charge >= 0.3 is 5.97 Å². The fraction of sp³-hybridized carbons (Fsp3) is 0.588. The molecule has 0 saturated carbocycles. The smallest absolute Gasteiger partial charge is 0.303 e. The molecule has 0 aliphatic rings. The van der Waals surface area contributed by atoms with Gasteiger partial charge in [0.15, 0.2) is 0 Å². The van der Waals surface area contributed by atoms with Crippen LogP contribution in [0.5, 0.6) is 0 Å². The highest BCUT2D eigenvalue weighted by Crippen LogP contribution is 2.22. The Bertz CT molecular complexity index is 471. The molecule has 2 atom stereocenters. The van der Waals surface area contributed by atoms with E-state index in [1.54, 1.807) is 0 Å². The Morgan fingerprint density at radius 3 is 2.43 bits per heavy atom. The molecule has 4 heteroatoms. The van der Waals surface area contributed by atoms with Gasteiger partial charge in [-0.3, -0.25) is 4.79 Å². The third-order valence-electron chi connectivity index (χ3n) is 3.71. The van der Waals surface area contributed by atoms with Gasteiger partial charge in [-0.25, -0.2) is 0 Å². The number of aryl methyl sites for hydroxylation is 2. The number of carboxylic acids is 1. The maximum atomic E-state index is 10.8. The van der Waals surface area contributed by atoms with Crippen LogP contribution in [0.15, 0.2) is 18.2 Å². The summed E-state index contributed by atoms with van der Waals surface area (Å²) in [5.74, 6) is -0.386. The lowest BCUT2D eigenvalue weighted by atomic mass is 9.95. The summed E-state index contributed by atoms with van der Waals surface area (Å²) in [4.78, 5) is 10.8. The van der Waals surface area contributed by atoms with Gasteiger partial charge in [0.2, 0.25) is 0 Å². The van der Waals surface area contributed by atoms with Gasteiger partial charge in [-0.2, -0.15) is 0 Å². The summed E-state index contributed by atoms with van der Waals surface area (Å²) in [6.45, 7) is 8.98. The molecule has 1 aromatic carbocycles. The summed E-state index contributed by atoms with van der Waals surface area (Å²) in [5.41, 5.74) is 3.15. The van der Waals surface area contributed by atoms with Crippen molar-refractivity contribution < 1.29 is 15.0 Å². The highest BCUT2D eigenvalue weighted by molar-refractivity contribution is 5.66. The van der Waals surface area contributed by atoms with Crippen molar-refractivity contribution in [3.63, 3.8) is 0 Å². The van der Waals surface area contributed by atoms with Gasteiger partial charge in [0, 0.05) is 12.5 Å². The molecule has 0 bridgehead atoms. The molecule has 0 aliphatic heterocycles. The molecule has 0 spiro atoms. The summed E-state index contributed by atoms with van der Waals surface area (Å²) >= 11 is 0. The first-order valence-corrected chi connectivity index (χ1v) is 7.51. The van der Waals surface area contributed by atoms with Crippen molar-refractivity contribution in [1.29, 1.82) is 0 Å². The summed E-state index contributed by atoms with van der Waals surface area (Å²) in [6.07, 6.45) is -0.226. The van der Waals surface area contributed by atoms with E-state index < -0.39 is 12.1 Å². The molecule has 0 radical (unpaired) electrons. The van der Waals surface area contributed by atoms with Crippen LogP contribution in [-0.4, -0.2) is 28.8 Å². The quantitative estimate of drug-likeness (QED) is 0.689. The number of carbonyl (C=O) groups is 1. The summed E-state index contributed by atoms with van der Waals surface area (Å²) in [5, 5.41) is 22.7. The summed E-state index contributed by atoms with van der Waals surface area (Å²) in [7, 11) is 0. The molecule has 0 fully saturated rings. The fourth-order valence-electron chi connectivity index (χ4n) is 2.22. The Kier molecular flexibility index (Phi) is 6.85. The first kappa shape index (κ1) is 17.7. The normalized spacial score (nSPS) is 14.2. The van der Waals surface area contributed by atoms with Crippen LogP contribution in [0.25, 0.3) is 0 Å². The zero-order valence-corrected chi connectivity index (χ0v) is 13.4. The topological polar surface area (TPSA) is 69.6 Å². The average molecular weight is 293 g/mol. The number of aliphatic hydroxyl groups is 1. The van der Waals surface area contributed by atoms with Crippen LogP contribution in [0.2, 0.25) is 0 Å². The highest BCUT2D eigenvalue weighted by atomic mass is 16.4.